The molecule has 2 unspecified atom stereocenters. The molecule has 1 aromatic rings. The van der Waals surface area contributed by atoms with Crippen molar-refractivity contribution in [2.45, 2.75) is 38.8 Å². The lowest BCUT2D eigenvalue weighted by Crippen LogP contribution is -2.41. The normalized spacial score (nSPS) is 27.9. The van der Waals surface area contributed by atoms with E-state index in [0.29, 0.717) is 30.0 Å². The van der Waals surface area contributed by atoms with Crippen molar-refractivity contribution in [1.29, 1.82) is 0 Å². The number of hydrogen-bond donors (Lipinski definition) is 2. The summed E-state index contributed by atoms with van der Waals surface area (Å²) in [6.07, 6.45) is 3.34. The van der Waals surface area contributed by atoms with Gasteiger partial charge in [-0.2, -0.15) is 0 Å². The van der Waals surface area contributed by atoms with E-state index >= 15 is 0 Å². The van der Waals surface area contributed by atoms with Crippen LogP contribution in [0.1, 0.15) is 31.7 Å². The van der Waals surface area contributed by atoms with Gasteiger partial charge in [-0.25, -0.2) is 0 Å². The molecule has 0 spiro atoms. The van der Waals surface area contributed by atoms with Crippen LogP contribution >= 0.6 is 11.6 Å². The van der Waals surface area contributed by atoms with E-state index in [4.69, 9.17) is 21.1 Å². The lowest BCUT2D eigenvalue weighted by atomic mass is 9.86. The lowest BCUT2D eigenvalue weighted by Gasteiger charge is -2.30. The highest BCUT2D eigenvalue weighted by Crippen LogP contribution is 2.39. The predicted octanol–water partition coefficient (Wildman–Crippen LogP) is 2.75. The topological polar surface area (TPSA) is 50.7 Å². The summed E-state index contributed by atoms with van der Waals surface area (Å²) >= 11 is 6.25. The molecule has 1 saturated carbocycles. The number of nitrogens with one attached hydrogen (secondary N) is 1. The van der Waals surface area contributed by atoms with Crippen molar-refractivity contribution in [3.05, 3.63) is 22.7 Å². The molecule has 0 bridgehead atoms. The number of aliphatic hydroxyl groups excluding tert-OH is 1. The summed E-state index contributed by atoms with van der Waals surface area (Å²) in [5, 5.41) is 13.8. The Kier molecular flexibility index (Phi) is 4.29. The Balaban J connectivity index is 1.70. The average Bonchev–Trinajstić information content (AvgIpc) is 2.87. The first kappa shape index (κ1) is 14.9. The van der Waals surface area contributed by atoms with Gasteiger partial charge in [-0.15, -0.1) is 0 Å². The van der Waals surface area contributed by atoms with E-state index < -0.39 is 0 Å². The van der Waals surface area contributed by atoms with Crippen molar-refractivity contribution in [2.24, 2.45) is 5.41 Å². The molecule has 3 rings (SSSR count). The number of rotatable bonds is 4. The lowest BCUT2D eigenvalue weighted by molar-refractivity contribution is 0.118. The summed E-state index contributed by atoms with van der Waals surface area (Å²) in [7, 11) is 0. The highest BCUT2D eigenvalue weighted by Gasteiger charge is 2.37. The molecule has 0 aromatic heterocycles. The van der Waals surface area contributed by atoms with E-state index in [9.17, 15) is 5.11 Å². The largest absolute Gasteiger partial charge is 0.486 e. The molecule has 116 valence electrons. The number of halogens is 1. The smallest absolute Gasteiger partial charge is 0.179 e. The Morgan fingerprint density at radius 3 is 3.00 bits per heavy atom. The first-order valence-corrected chi connectivity index (χ1v) is 7.92. The molecule has 0 saturated heterocycles. The molecule has 2 atom stereocenters. The van der Waals surface area contributed by atoms with Gasteiger partial charge in [-0.05, 0) is 30.5 Å². The van der Waals surface area contributed by atoms with E-state index in [0.717, 1.165) is 37.1 Å². The van der Waals surface area contributed by atoms with Crippen LogP contribution in [0.5, 0.6) is 11.5 Å². The average molecular weight is 312 g/mol. The molecule has 1 fully saturated rings. The van der Waals surface area contributed by atoms with Crippen LogP contribution < -0.4 is 14.8 Å². The van der Waals surface area contributed by atoms with E-state index in [1.165, 1.54) is 0 Å². The van der Waals surface area contributed by atoms with Crippen molar-refractivity contribution >= 4 is 11.6 Å². The van der Waals surface area contributed by atoms with Gasteiger partial charge < -0.3 is 19.9 Å². The van der Waals surface area contributed by atoms with Crippen LogP contribution in [0.2, 0.25) is 5.02 Å². The third-order valence-corrected chi connectivity index (χ3v) is 4.93. The van der Waals surface area contributed by atoms with Crippen molar-refractivity contribution in [3.8, 4) is 11.5 Å². The number of ether oxygens (including phenoxy) is 2. The zero-order chi connectivity index (χ0) is 14.9. The fourth-order valence-corrected chi connectivity index (χ4v) is 3.57. The molecule has 5 heteroatoms. The molecular formula is C16H22ClNO3. The Hall–Kier alpha value is -0.970. The second-order valence-corrected chi connectivity index (χ2v) is 6.65. The highest BCUT2D eigenvalue weighted by molar-refractivity contribution is 6.32. The first-order chi connectivity index (χ1) is 10.1. The number of hydrogen-bond acceptors (Lipinski definition) is 4. The van der Waals surface area contributed by atoms with Gasteiger partial charge in [0.2, 0.25) is 0 Å². The van der Waals surface area contributed by atoms with E-state index in [-0.39, 0.29) is 12.0 Å². The fraction of sp³-hybridized carbons (Fsp3) is 0.625. The second kappa shape index (κ2) is 6.03. The molecule has 2 N–H and O–H groups in total. The molecule has 2 aliphatic rings. The Bertz CT molecular complexity index is 522. The molecule has 0 radical (unpaired) electrons. The summed E-state index contributed by atoms with van der Waals surface area (Å²) in [5.41, 5.74) is 1.06. The SMILES string of the molecule is CC1(CO)CCCC1NCc1cc(Cl)c2c(c1)OCCO2. The van der Waals surface area contributed by atoms with Crippen LogP contribution in [0.3, 0.4) is 0 Å². The maximum absolute atomic E-state index is 9.60. The Labute approximate surface area is 130 Å². The third-order valence-electron chi connectivity index (χ3n) is 4.65. The van der Waals surface area contributed by atoms with E-state index in [1.54, 1.807) is 0 Å². The molecule has 1 aliphatic heterocycles. The minimum Gasteiger partial charge on any atom is -0.486 e. The van der Waals surface area contributed by atoms with Gasteiger partial charge in [0.15, 0.2) is 11.5 Å². The van der Waals surface area contributed by atoms with Gasteiger partial charge in [0.1, 0.15) is 13.2 Å². The Morgan fingerprint density at radius 1 is 1.38 bits per heavy atom. The minimum absolute atomic E-state index is 0.0163. The van der Waals surface area contributed by atoms with Gasteiger partial charge in [0.05, 0.1) is 5.02 Å². The monoisotopic (exact) mass is 311 g/mol. The van der Waals surface area contributed by atoms with Gasteiger partial charge in [0, 0.05) is 24.6 Å². The van der Waals surface area contributed by atoms with Crippen LogP contribution in [0, 0.1) is 5.41 Å². The van der Waals surface area contributed by atoms with Gasteiger partial charge in [0.25, 0.3) is 0 Å². The summed E-state index contributed by atoms with van der Waals surface area (Å²) in [6, 6.07) is 4.25. The van der Waals surface area contributed by atoms with Crippen LogP contribution in [0.25, 0.3) is 0 Å². The van der Waals surface area contributed by atoms with E-state index in [2.05, 4.69) is 12.2 Å². The standard InChI is InChI=1S/C16H22ClNO3/c1-16(10-19)4-2-3-14(16)18-9-11-7-12(17)15-13(8-11)20-5-6-21-15/h7-8,14,18-19H,2-6,9-10H2,1H3. The van der Waals surface area contributed by atoms with Crippen molar-refractivity contribution < 1.29 is 14.6 Å². The number of fused-ring (bicyclic) bond motifs is 1. The third kappa shape index (κ3) is 2.98. The molecule has 21 heavy (non-hydrogen) atoms. The Morgan fingerprint density at radius 2 is 2.19 bits per heavy atom. The van der Waals surface area contributed by atoms with E-state index in [1.807, 2.05) is 12.1 Å². The summed E-state index contributed by atoms with van der Waals surface area (Å²) in [4.78, 5) is 0. The fourth-order valence-electron chi connectivity index (χ4n) is 3.28. The van der Waals surface area contributed by atoms with Crippen LogP contribution in [-0.4, -0.2) is 31.0 Å². The maximum Gasteiger partial charge on any atom is 0.179 e. The number of aliphatic hydroxyl groups is 1. The van der Waals surface area contributed by atoms with Crippen LogP contribution in [0.15, 0.2) is 12.1 Å². The summed E-state index contributed by atoms with van der Waals surface area (Å²) in [6.45, 7) is 4.20. The molecule has 1 aromatic carbocycles. The zero-order valence-electron chi connectivity index (χ0n) is 12.3. The van der Waals surface area contributed by atoms with Crippen LogP contribution in [-0.2, 0) is 6.54 Å². The molecular weight excluding hydrogens is 290 g/mol. The quantitative estimate of drug-likeness (QED) is 0.898. The molecule has 0 amide bonds. The van der Waals surface area contributed by atoms with Crippen molar-refractivity contribution in [2.75, 3.05) is 19.8 Å². The summed E-state index contributed by atoms with van der Waals surface area (Å²) in [5.74, 6) is 1.37. The maximum atomic E-state index is 9.60. The second-order valence-electron chi connectivity index (χ2n) is 6.24. The minimum atomic E-state index is -0.0163. The van der Waals surface area contributed by atoms with Gasteiger partial charge in [-0.1, -0.05) is 24.9 Å². The summed E-state index contributed by atoms with van der Waals surface area (Å²) < 4.78 is 11.1. The van der Waals surface area contributed by atoms with Crippen LogP contribution in [0.4, 0.5) is 0 Å². The number of benzene rings is 1. The van der Waals surface area contributed by atoms with Crippen molar-refractivity contribution in [1.82, 2.24) is 5.32 Å². The van der Waals surface area contributed by atoms with Gasteiger partial charge in [-0.3, -0.25) is 0 Å². The van der Waals surface area contributed by atoms with Crippen molar-refractivity contribution in [3.63, 3.8) is 0 Å². The zero-order valence-corrected chi connectivity index (χ0v) is 13.1. The molecule has 4 nitrogen and oxygen atoms in total. The van der Waals surface area contributed by atoms with Gasteiger partial charge >= 0.3 is 0 Å². The molecule has 1 heterocycles. The highest BCUT2D eigenvalue weighted by atomic mass is 35.5. The first-order valence-electron chi connectivity index (χ1n) is 7.55. The molecule has 1 aliphatic carbocycles. The predicted molar refractivity (Wildman–Crippen MR) is 82.1 cm³/mol.